The largest absolute Gasteiger partial charge is 0.330 e. The Labute approximate surface area is 119 Å². The van der Waals surface area contributed by atoms with Gasteiger partial charge in [0, 0.05) is 6.04 Å². The van der Waals surface area contributed by atoms with Crippen molar-refractivity contribution in [1.29, 1.82) is 0 Å². The molecule has 2 aliphatic rings. The molecule has 0 aliphatic heterocycles. The van der Waals surface area contributed by atoms with Crippen LogP contribution in [-0.2, 0) is 0 Å². The average molecular weight is 266 g/mol. The topological polar surface area (TPSA) is 38.0 Å². The third-order valence-electron chi connectivity index (χ3n) is 5.30. The lowest BCUT2D eigenvalue weighted by Gasteiger charge is -2.21. The van der Waals surface area contributed by atoms with Gasteiger partial charge in [-0.25, -0.2) is 0 Å². The Balaban J connectivity index is 1.47. The Hall–Kier alpha value is -0.0800. The second-order valence-corrected chi connectivity index (χ2v) is 6.91. The summed E-state index contributed by atoms with van der Waals surface area (Å²) in [5.41, 5.74) is 5.59. The molecule has 0 spiro atoms. The van der Waals surface area contributed by atoms with E-state index in [-0.39, 0.29) is 0 Å². The lowest BCUT2D eigenvalue weighted by atomic mass is 9.86. The van der Waals surface area contributed by atoms with Crippen LogP contribution in [0, 0.1) is 11.8 Å². The molecule has 19 heavy (non-hydrogen) atoms. The van der Waals surface area contributed by atoms with Gasteiger partial charge in [-0.05, 0) is 69.9 Å². The van der Waals surface area contributed by atoms with Crippen molar-refractivity contribution in [3.05, 3.63) is 0 Å². The summed E-state index contributed by atoms with van der Waals surface area (Å²) >= 11 is 0. The molecular formula is C17H34N2. The highest BCUT2D eigenvalue weighted by molar-refractivity contribution is 4.80. The van der Waals surface area contributed by atoms with Gasteiger partial charge in [0.15, 0.2) is 0 Å². The first-order valence-corrected chi connectivity index (χ1v) is 8.82. The van der Waals surface area contributed by atoms with E-state index in [9.17, 15) is 0 Å². The molecule has 0 aromatic heterocycles. The van der Waals surface area contributed by atoms with Gasteiger partial charge in [0.1, 0.15) is 0 Å². The van der Waals surface area contributed by atoms with Crippen LogP contribution in [0.5, 0.6) is 0 Å². The normalized spacial score (nSPS) is 28.9. The van der Waals surface area contributed by atoms with Crippen molar-refractivity contribution in [2.45, 2.75) is 83.1 Å². The maximum atomic E-state index is 5.59. The first-order chi connectivity index (χ1) is 9.38. The Bertz CT molecular complexity index is 223. The molecular weight excluding hydrogens is 232 g/mol. The molecule has 2 atom stereocenters. The standard InChI is InChI=1S/C17H34N2/c18-12-4-8-16-10-11-17(14-16)19-13-5-9-15-6-2-1-3-7-15/h15-17,19H,1-14,18H2. The van der Waals surface area contributed by atoms with Crippen LogP contribution in [0.4, 0.5) is 0 Å². The number of rotatable bonds is 8. The van der Waals surface area contributed by atoms with Crippen LogP contribution in [0.25, 0.3) is 0 Å². The van der Waals surface area contributed by atoms with Gasteiger partial charge >= 0.3 is 0 Å². The zero-order valence-corrected chi connectivity index (χ0v) is 12.7. The highest BCUT2D eigenvalue weighted by Gasteiger charge is 2.23. The highest BCUT2D eigenvalue weighted by Crippen LogP contribution is 2.29. The summed E-state index contributed by atoms with van der Waals surface area (Å²) in [6.07, 6.45) is 17.2. The van der Waals surface area contributed by atoms with E-state index in [4.69, 9.17) is 5.73 Å². The van der Waals surface area contributed by atoms with Crippen LogP contribution in [0.3, 0.4) is 0 Å². The zero-order valence-electron chi connectivity index (χ0n) is 12.7. The van der Waals surface area contributed by atoms with Gasteiger partial charge in [0.2, 0.25) is 0 Å². The molecule has 2 saturated carbocycles. The summed E-state index contributed by atoms with van der Waals surface area (Å²) < 4.78 is 0. The number of nitrogens with one attached hydrogen (secondary N) is 1. The predicted octanol–water partition coefficient (Wildman–Crippen LogP) is 3.84. The molecule has 2 fully saturated rings. The van der Waals surface area contributed by atoms with Crippen LogP contribution in [0.1, 0.15) is 77.0 Å². The molecule has 2 heteroatoms. The molecule has 3 N–H and O–H groups in total. The van der Waals surface area contributed by atoms with Gasteiger partial charge < -0.3 is 11.1 Å². The molecule has 2 nitrogen and oxygen atoms in total. The van der Waals surface area contributed by atoms with Crippen molar-refractivity contribution in [2.24, 2.45) is 17.6 Å². The van der Waals surface area contributed by atoms with Crippen molar-refractivity contribution in [3.8, 4) is 0 Å². The second kappa shape index (κ2) is 8.97. The van der Waals surface area contributed by atoms with Gasteiger partial charge in [0.05, 0.1) is 0 Å². The SMILES string of the molecule is NCCCC1CCC(NCCCC2CCCCC2)C1. The molecule has 0 radical (unpaired) electrons. The molecule has 2 aliphatic carbocycles. The Morgan fingerprint density at radius 1 is 0.842 bits per heavy atom. The van der Waals surface area contributed by atoms with Crippen LogP contribution in [-0.4, -0.2) is 19.1 Å². The van der Waals surface area contributed by atoms with Crippen LogP contribution < -0.4 is 11.1 Å². The van der Waals surface area contributed by atoms with Crippen LogP contribution >= 0.6 is 0 Å². The Morgan fingerprint density at radius 2 is 1.63 bits per heavy atom. The smallest absolute Gasteiger partial charge is 0.00698 e. The fourth-order valence-corrected chi connectivity index (χ4v) is 4.10. The van der Waals surface area contributed by atoms with Crippen molar-refractivity contribution in [2.75, 3.05) is 13.1 Å². The monoisotopic (exact) mass is 266 g/mol. The van der Waals surface area contributed by atoms with Crippen molar-refractivity contribution in [3.63, 3.8) is 0 Å². The Morgan fingerprint density at radius 3 is 2.42 bits per heavy atom. The first-order valence-electron chi connectivity index (χ1n) is 8.82. The van der Waals surface area contributed by atoms with E-state index in [0.717, 1.165) is 24.4 Å². The van der Waals surface area contributed by atoms with Crippen molar-refractivity contribution < 1.29 is 0 Å². The maximum absolute atomic E-state index is 5.59. The van der Waals surface area contributed by atoms with E-state index in [1.807, 2.05) is 0 Å². The van der Waals surface area contributed by atoms with Crippen molar-refractivity contribution >= 4 is 0 Å². The van der Waals surface area contributed by atoms with E-state index in [0.29, 0.717) is 0 Å². The van der Waals surface area contributed by atoms with E-state index in [1.165, 1.54) is 83.6 Å². The molecule has 0 saturated heterocycles. The first kappa shape index (κ1) is 15.3. The number of hydrogen-bond donors (Lipinski definition) is 2. The van der Waals surface area contributed by atoms with Crippen LogP contribution in [0.15, 0.2) is 0 Å². The predicted molar refractivity (Wildman–Crippen MR) is 83.2 cm³/mol. The molecule has 0 bridgehead atoms. The molecule has 0 amide bonds. The Kier molecular flexibility index (Phi) is 7.23. The number of hydrogen-bond acceptors (Lipinski definition) is 2. The summed E-state index contributed by atoms with van der Waals surface area (Å²) in [6.45, 7) is 2.13. The second-order valence-electron chi connectivity index (χ2n) is 6.91. The molecule has 0 aromatic rings. The lowest BCUT2D eigenvalue weighted by molar-refractivity contribution is 0.327. The van der Waals surface area contributed by atoms with Gasteiger partial charge in [-0.15, -0.1) is 0 Å². The molecule has 2 rings (SSSR count). The van der Waals surface area contributed by atoms with Gasteiger partial charge in [0.25, 0.3) is 0 Å². The minimum atomic E-state index is 0.814. The highest BCUT2D eigenvalue weighted by atomic mass is 14.9. The summed E-state index contributed by atoms with van der Waals surface area (Å²) in [6, 6.07) is 0.814. The summed E-state index contributed by atoms with van der Waals surface area (Å²) in [7, 11) is 0. The summed E-state index contributed by atoms with van der Waals surface area (Å²) in [4.78, 5) is 0. The van der Waals surface area contributed by atoms with Gasteiger partial charge in [-0.3, -0.25) is 0 Å². The van der Waals surface area contributed by atoms with E-state index in [1.54, 1.807) is 0 Å². The third kappa shape index (κ3) is 5.83. The molecule has 0 heterocycles. The zero-order chi connectivity index (χ0) is 13.3. The molecule has 112 valence electrons. The minimum absolute atomic E-state index is 0.814. The van der Waals surface area contributed by atoms with Gasteiger partial charge in [-0.2, -0.15) is 0 Å². The van der Waals surface area contributed by atoms with Crippen molar-refractivity contribution in [1.82, 2.24) is 5.32 Å². The summed E-state index contributed by atoms with van der Waals surface area (Å²) in [5.74, 6) is 2.01. The van der Waals surface area contributed by atoms with Gasteiger partial charge in [-0.1, -0.05) is 32.1 Å². The van der Waals surface area contributed by atoms with Crippen LogP contribution in [0.2, 0.25) is 0 Å². The van der Waals surface area contributed by atoms with E-state index < -0.39 is 0 Å². The minimum Gasteiger partial charge on any atom is -0.330 e. The number of nitrogens with two attached hydrogens (primary N) is 1. The maximum Gasteiger partial charge on any atom is 0.00698 e. The van der Waals surface area contributed by atoms with E-state index in [2.05, 4.69) is 5.32 Å². The third-order valence-corrected chi connectivity index (χ3v) is 5.30. The molecule has 0 aromatic carbocycles. The molecule has 2 unspecified atom stereocenters. The fourth-order valence-electron chi connectivity index (χ4n) is 4.10. The lowest BCUT2D eigenvalue weighted by Crippen LogP contribution is -2.27. The average Bonchev–Trinajstić information content (AvgIpc) is 2.90. The van der Waals surface area contributed by atoms with E-state index >= 15 is 0 Å². The fraction of sp³-hybridized carbons (Fsp3) is 1.00. The summed E-state index contributed by atoms with van der Waals surface area (Å²) in [5, 5.41) is 3.80. The quantitative estimate of drug-likeness (QED) is 0.655.